The molecule has 0 spiro atoms. The molecule has 2 N–H and O–H groups in total. The smallest absolute Gasteiger partial charge is 0.269 e. The average Bonchev–Trinajstić information content (AvgIpc) is 3.20. The number of hydrazine groups is 1. The minimum Gasteiger partial charge on any atom is -0.369 e. The highest BCUT2D eigenvalue weighted by molar-refractivity contribution is 5.95. The number of hydrogen-bond acceptors (Lipinski definition) is 4. The first kappa shape index (κ1) is 22.6. The summed E-state index contributed by atoms with van der Waals surface area (Å²) >= 11 is 0. The minimum atomic E-state index is -0.327. The molecule has 4 rings (SSSR count). The Balaban J connectivity index is 1.19. The molecule has 0 unspecified atom stereocenters. The van der Waals surface area contributed by atoms with Crippen LogP contribution in [0.2, 0.25) is 0 Å². The van der Waals surface area contributed by atoms with Crippen molar-refractivity contribution in [2.75, 3.05) is 37.6 Å². The fourth-order valence-electron chi connectivity index (χ4n) is 4.23. The van der Waals surface area contributed by atoms with Crippen LogP contribution in [-0.2, 0) is 4.79 Å². The van der Waals surface area contributed by atoms with Crippen LogP contribution in [0.15, 0.2) is 66.7 Å². The number of piperazine rings is 1. The van der Waals surface area contributed by atoms with E-state index in [0.717, 1.165) is 43.3 Å². The van der Waals surface area contributed by atoms with Gasteiger partial charge in [-0.25, -0.2) is 0 Å². The third kappa shape index (κ3) is 5.62. The summed E-state index contributed by atoms with van der Waals surface area (Å²) < 4.78 is 2.13. The van der Waals surface area contributed by atoms with Crippen LogP contribution in [0, 0.1) is 13.8 Å². The molecule has 33 heavy (non-hydrogen) atoms. The second-order valence-electron chi connectivity index (χ2n) is 8.41. The maximum Gasteiger partial charge on any atom is 0.269 e. The summed E-state index contributed by atoms with van der Waals surface area (Å²) in [5.74, 6) is -0.517. The van der Waals surface area contributed by atoms with Crippen molar-refractivity contribution in [3.8, 4) is 5.69 Å². The van der Waals surface area contributed by atoms with Gasteiger partial charge in [-0.1, -0.05) is 18.2 Å². The number of carbonyl (C=O) groups is 2. The molecule has 172 valence electrons. The predicted octanol–water partition coefficient (Wildman–Crippen LogP) is 3.07. The van der Waals surface area contributed by atoms with E-state index in [-0.39, 0.29) is 11.8 Å². The highest BCUT2D eigenvalue weighted by Gasteiger charge is 2.18. The zero-order valence-corrected chi connectivity index (χ0v) is 19.3. The van der Waals surface area contributed by atoms with Crippen LogP contribution in [0.25, 0.3) is 5.69 Å². The molecule has 0 atom stereocenters. The molecule has 0 radical (unpaired) electrons. The van der Waals surface area contributed by atoms with E-state index in [9.17, 15) is 9.59 Å². The molecule has 0 aliphatic carbocycles. The van der Waals surface area contributed by atoms with Crippen molar-refractivity contribution in [3.05, 3.63) is 83.7 Å². The Morgan fingerprint density at radius 1 is 0.758 bits per heavy atom. The van der Waals surface area contributed by atoms with Crippen molar-refractivity contribution in [2.45, 2.75) is 20.3 Å². The second kappa shape index (κ2) is 10.4. The third-order valence-electron chi connectivity index (χ3n) is 6.12. The highest BCUT2D eigenvalue weighted by atomic mass is 16.2. The van der Waals surface area contributed by atoms with E-state index < -0.39 is 0 Å². The molecule has 1 aliphatic rings. The number of para-hydroxylation sites is 1. The van der Waals surface area contributed by atoms with Crippen LogP contribution in [0.5, 0.6) is 0 Å². The van der Waals surface area contributed by atoms with Gasteiger partial charge in [0.25, 0.3) is 5.91 Å². The summed E-state index contributed by atoms with van der Waals surface area (Å²) in [4.78, 5) is 29.3. The Kier molecular flexibility index (Phi) is 7.10. The summed E-state index contributed by atoms with van der Waals surface area (Å²) in [5.41, 5.74) is 10.1. The van der Waals surface area contributed by atoms with Crippen LogP contribution in [0.3, 0.4) is 0 Å². The normalized spacial score (nSPS) is 14.2. The molecular weight excluding hydrogens is 414 g/mol. The Morgan fingerprint density at radius 2 is 1.39 bits per heavy atom. The van der Waals surface area contributed by atoms with Gasteiger partial charge in [0.05, 0.1) is 0 Å². The van der Waals surface area contributed by atoms with E-state index in [4.69, 9.17) is 0 Å². The number of aromatic nitrogens is 1. The molecule has 0 bridgehead atoms. The largest absolute Gasteiger partial charge is 0.369 e. The predicted molar refractivity (Wildman–Crippen MR) is 131 cm³/mol. The maximum absolute atomic E-state index is 12.4. The zero-order chi connectivity index (χ0) is 23.2. The second-order valence-corrected chi connectivity index (χ2v) is 8.41. The van der Waals surface area contributed by atoms with E-state index in [1.54, 1.807) is 12.1 Å². The first-order valence-corrected chi connectivity index (χ1v) is 11.4. The number of nitrogens with one attached hydrogen (secondary N) is 2. The lowest BCUT2D eigenvalue weighted by atomic mass is 10.2. The van der Waals surface area contributed by atoms with E-state index in [1.165, 1.54) is 5.69 Å². The van der Waals surface area contributed by atoms with Crippen LogP contribution >= 0.6 is 0 Å². The van der Waals surface area contributed by atoms with Crippen molar-refractivity contribution in [1.82, 2.24) is 20.3 Å². The van der Waals surface area contributed by atoms with Crippen molar-refractivity contribution in [3.63, 3.8) is 0 Å². The lowest BCUT2D eigenvalue weighted by Gasteiger charge is -2.36. The van der Waals surface area contributed by atoms with E-state index in [2.05, 4.69) is 61.6 Å². The Bertz CT molecular complexity index is 1060. The number of aryl methyl sites for hydroxylation is 2. The monoisotopic (exact) mass is 445 g/mol. The topological polar surface area (TPSA) is 69.6 Å². The van der Waals surface area contributed by atoms with Crippen LogP contribution in [0.4, 0.5) is 5.69 Å². The lowest BCUT2D eigenvalue weighted by molar-refractivity contribution is -0.122. The summed E-state index contributed by atoms with van der Waals surface area (Å²) in [7, 11) is 0. The molecule has 2 heterocycles. The average molecular weight is 446 g/mol. The summed E-state index contributed by atoms with van der Waals surface area (Å²) in [5, 5.41) is 0. The first-order valence-electron chi connectivity index (χ1n) is 11.4. The number of anilines is 1. The van der Waals surface area contributed by atoms with Gasteiger partial charge in [-0.3, -0.25) is 25.3 Å². The molecule has 7 nitrogen and oxygen atoms in total. The number of amides is 2. The summed E-state index contributed by atoms with van der Waals surface area (Å²) in [6.45, 7) is 8.50. The van der Waals surface area contributed by atoms with Crippen molar-refractivity contribution in [2.24, 2.45) is 0 Å². The number of benzene rings is 2. The van der Waals surface area contributed by atoms with Crippen LogP contribution in [0.1, 0.15) is 28.2 Å². The molecule has 1 aromatic heterocycles. The zero-order valence-electron chi connectivity index (χ0n) is 19.3. The van der Waals surface area contributed by atoms with Gasteiger partial charge < -0.3 is 9.47 Å². The van der Waals surface area contributed by atoms with E-state index in [1.807, 2.05) is 32.0 Å². The van der Waals surface area contributed by atoms with Crippen molar-refractivity contribution < 1.29 is 9.59 Å². The SMILES string of the molecule is Cc1ccc(C)n1-c1ccc(C(=O)NNC(=O)CCN2CCN(c3ccccc3)CC2)cc1. The lowest BCUT2D eigenvalue weighted by Crippen LogP contribution is -2.48. The maximum atomic E-state index is 12.4. The molecular formula is C26H31N5O2. The number of hydrogen-bond donors (Lipinski definition) is 2. The standard InChI is InChI=1S/C26H31N5O2/c1-20-8-9-21(2)31(20)24-12-10-22(11-13-24)26(33)28-27-25(32)14-15-29-16-18-30(19-17-29)23-6-4-3-5-7-23/h3-13H,14-19H2,1-2H3,(H,27,32)(H,28,33). The fraction of sp³-hybridized carbons (Fsp3) is 0.308. The quantitative estimate of drug-likeness (QED) is 0.572. The molecule has 7 heteroatoms. The van der Waals surface area contributed by atoms with Gasteiger partial charge in [0.15, 0.2) is 0 Å². The van der Waals surface area contributed by atoms with Gasteiger partial charge in [-0.2, -0.15) is 0 Å². The van der Waals surface area contributed by atoms with E-state index >= 15 is 0 Å². The minimum absolute atomic E-state index is 0.191. The molecule has 0 saturated carbocycles. The van der Waals surface area contributed by atoms with Gasteiger partial charge in [-0.05, 0) is 62.4 Å². The molecule has 1 fully saturated rings. The molecule has 1 aliphatic heterocycles. The van der Waals surface area contributed by atoms with Crippen LogP contribution < -0.4 is 15.8 Å². The Morgan fingerprint density at radius 3 is 2.03 bits per heavy atom. The van der Waals surface area contributed by atoms with Crippen molar-refractivity contribution >= 4 is 17.5 Å². The molecule has 2 aromatic carbocycles. The van der Waals surface area contributed by atoms with E-state index in [0.29, 0.717) is 18.5 Å². The summed E-state index contributed by atoms with van der Waals surface area (Å²) in [6.07, 6.45) is 0.344. The van der Waals surface area contributed by atoms with Crippen LogP contribution in [-0.4, -0.2) is 54.0 Å². The molecule has 3 aromatic rings. The summed E-state index contributed by atoms with van der Waals surface area (Å²) in [6, 6.07) is 21.9. The van der Waals surface area contributed by atoms with Gasteiger partial charge in [-0.15, -0.1) is 0 Å². The number of nitrogens with zero attached hydrogens (tertiary/aromatic N) is 3. The van der Waals surface area contributed by atoms with Gasteiger partial charge >= 0.3 is 0 Å². The van der Waals surface area contributed by atoms with Gasteiger partial charge in [0, 0.05) is 67.5 Å². The third-order valence-corrected chi connectivity index (χ3v) is 6.12. The fourth-order valence-corrected chi connectivity index (χ4v) is 4.23. The number of rotatable bonds is 6. The molecule has 1 saturated heterocycles. The van der Waals surface area contributed by atoms with Gasteiger partial charge in [0.2, 0.25) is 5.91 Å². The highest BCUT2D eigenvalue weighted by Crippen LogP contribution is 2.17. The van der Waals surface area contributed by atoms with Gasteiger partial charge in [0.1, 0.15) is 0 Å². The first-order chi connectivity index (χ1) is 16.0. The van der Waals surface area contributed by atoms with Crippen molar-refractivity contribution in [1.29, 1.82) is 0 Å². The Hall–Kier alpha value is -3.58. The molecule has 2 amide bonds. The number of carbonyl (C=O) groups excluding carboxylic acids is 2. The Labute approximate surface area is 195 Å².